The Kier molecular flexibility index (Phi) is 3.21. The fourth-order valence-corrected chi connectivity index (χ4v) is 2.39. The Labute approximate surface area is 104 Å². The number of aliphatic hydroxyl groups is 1. The smallest absolute Gasteiger partial charge is 0.121 e. The van der Waals surface area contributed by atoms with Gasteiger partial charge in [-0.15, -0.1) is 0 Å². The third-order valence-corrected chi connectivity index (χ3v) is 4.07. The molecule has 0 bridgehead atoms. The molecule has 1 heterocycles. The highest BCUT2D eigenvalue weighted by Crippen LogP contribution is 2.43. The van der Waals surface area contributed by atoms with Crippen molar-refractivity contribution in [1.29, 1.82) is 0 Å². The van der Waals surface area contributed by atoms with Crippen LogP contribution in [0.15, 0.2) is 23.8 Å². The SMILES string of the molecule is C/C1=C/CC(C)(C)/C=C/[C@H](O)[C@]2(C)O[C@H]2CC1. The van der Waals surface area contributed by atoms with E-state index in [0.29, 0.717) is 0 Å². The molecule has 1 fully saturated rings. The number of rotatable bonds is 0. The molecule has 3 atom stereocenters. The molecule has 0 aromatic heterocycles. The molecule has 1 aliphatic carbocycles. The van der Waals surface area contributed by atoms with Crippen molar-refractivity contribution in [2.24, 2.45) is 5.41 Å². The van der Waals surface area contributed by atoms with Gasteiger partial charge < -0.3 is 9.84 Å². The number of aliphatic hydroxyl groups excluding tert-OH is 1. The second-order valence-corrected chi connectivity index (χ2v) is 6.38. The lowest BCUT2D eigenvalue weighted by molar-refractivity contribution is 0.122. The average molecular weight is 236 g/mol. The summed E-state index contributed by atoms with van der Waals surface area (Å²) in [7, 11) is 0. The summed E-state index contributed by atoms with van der Waals surface area (Å²) in [4.78, 5) is 0. The Morgan fingerprint density at radius 2 is 2.06 bits per heavy atom. The quantitative estimate of drug-likeness (QED) is 0.517. The van der Waals surface area contributed by atoms with Crippen LogP contribution in [-0.4, -0.2) is 22.9 Å². The lowest BCUT2D eigenvalue weighted by atomic mass is 9.87. The Morgan fingerprint density at radius 1 is 1.35 bits per heavy atom. The van der Waals surface area contributed by atoms with Gasteiger partial charge in [-0.1, -0.05) is 37.6 Å². The van der Waals surface area contributed by atoms with Crippen LogP contribution < -0.4 is 0 Å². The van der Waals surface area contributed by atoms with Crippen LogP contribution in [0.25, 0.3) is 0 Å². The standard InChI is InChI=1S/C15H24O2/c1-11-5-6-13-15(4,17-13)12(16)8-10-14(2,3)9-7-11/h7-8,10,12-13,16H,5-6,9H2,1-4H3/b10-8+,11-7-/t12-,13-,15-/m0/s1. The lowest BCUT2D eigenvalue weighted by Gasteiger charge is -2.19. The van der Waals surface area contributed by atoms with Crippen molar-refractivity contribution in [2.45, 2.75) is 64.8 Å². The number of hydrogen-bond acceptors (Lipinski definition) is 2. The molecule has 1 N–H and O–H groups in total. The zero-order valence-corrected chi connectivity index (χ0v) is 11.4. The molecule has 0 saturated carbocycles. The van der Waals surface area contributed by atoms with E-state index in [-0.39, 0.29) is 17.1 Å². The first-order valence-corrected chi connectivity index (χ1v) is 6.54. The topological polar surface area (TPSA) is 32.8 Å². The summed E-state index contributed by atoms with van der Waals surface area (Å²) in [5.41, 5.74) is 1.19. The van der Waals surface area contributed by atoms with Gasteiger partial charge in [-0.05, 0) is 38.5 Å². The lowest BCUT2D eigenvalue weighted by Crippen LogP contribution is -2.27. The fourth-order valence-electron chi connectivity index (χ4n) is 2.39. The number of ether oxygens (including phenoxy) is 1. The summed E-state index contributed by atoms with van der Waals surface area (Å²) in [6.45, 7) is 8.60. The monoisotopic (exact) mass is 236 g/mol. The van der Waals surface area contributed by atoms with E-state index in [4.69, 9.17) is 4.74 Å². The first-order chi connectivity index (χ1) is 7.83. The van der Waals surface area contributed by atoms with Crippen molar-refractivity contribution in [3.8, 4) is 0 Å². The van der Waals surface area contributed by atoms with Gasteiger partial charge in [0.1, 0.15) is 11.7 Å². The van der Waals surface area contributed by atoms with E-state index in [2.05, 4.69) is 32.9 Å². The van der Waals surface area contributed by atoms with Gasteiger partial charge in [0.2, 0.25) is 0 Å². The van der Waals surface area contributed by atoms with Gasteiger partial charge in [-0.3, -0.25) is 0 Å². The van der Waals surface area contributed by atoms with Crippen molar-refractivity contribution in [1.82, 2.24) is 0 Å². The molecule has 0 spiro atoms. The van der Waals surface area contributed by atoms with Gasteiger partial charge in [-0.2, -0.15) is 0 Å². The van der Waals surface area contributed by atoms with E-state index < -0.39 is 6.10 Å². The molecule has 0 aromatic carbocycles. The second-order valence-electron chi connectivity index (χ2n) is 6.38. The van der Waals surface area contributed by atoms with Crippen LogP contribution in [0.1, 0.15) is 47.0 Å². The fraction of sp³-hybridized carbons (Fsp3) is 0.733. The summed E-state index contributed by atoms with van der Waals surface area (Å²) < 4.78 is 5.68. The molecule has 1 aliphatic heterocycles. The van der Waals surface area contributed by atoms with Gasteiger partial charge >= 0.3 is 0 Å². The molecule has 2 heteroatoms. The van der Waals surface area contributed by atoms with Crippen molar-refractivity contribution in [3.63, 3.8) is 0 Å². The summed E-state index contributed by atoms with van der Waals surface area (Å²) in [6.07, 6.45) is 9.21. The Bertz CT molecular complexity index is 354. The first kappa shape index (κ1) is 12.8. The Balaban J connectivity index is 2.19. The van der Waals surface area contributed by atoms with Gasteiger partial charge in [0.25, 0.3) is 0 Å². The van der Waals surface area contributed by atoms with Crippen LogP contribution >= 0.6 is 0 Å². The second kappa shape index (κ2) is 4.25. The van der Waals surface area contributed by atoms with Gasteiger partial charge in [0, 0.05) is 0 Å². The normalized spacial score (nSPS) is 46.1. The maximum atomic E-state index is 10.2. The van der Waals surface area contributed by atoms with Crippen molar-refractivity contribution < 1.29 is 9.84 Å². The van der Waals surface area contributed by atoms with Crippen molar-refractivity contribution in [3.05, 3.63) is 23.8 Å². The van der Waals surface area contributed by atoms with E-state index in [1.54, 1.807) is 0 Å². The molecule has 2 aliphatic rings. The number of epoxide rings is 1. The van der Waals surface area contributed by atoms with Crippen LogP contribution in [0.5, 0.6) is 0 Å². The predicted octanol–water partition coefficient (Wildman–Crippen LogP) is 3.22. The van der Waals surface area contributed by atoms with E-state index in [9.17, 15) is 5.11 Å². The molecule has 17 heavy (non-hydrogen) atoms. The zero-order chi connectivity index (χ0) is 12.7. The number of fused-ring (bicyclic) bond motifs is 1. The van der Waals surface area contributed by atoms with E-state index >= 15 is 0 Å². The van der Waals surface area contributed by atoms with Crippen LogP contribution in [0.4, 0.5) is 0 Å². The molecular weight excluding hydrogens is 212 g/mol. The molecule has 96 valence electrons. The van der Waals surface area contributed by atoms with Gasteiger partial charge in [-0.25, -0.2) is 0 Å². The van der Waals surface area contributed by atoms with Crippen molar-refractivity contribution in [2.75, 3.05) is 0 Å². The maximum absolute atomic E-state index is 10.2. The average Bonchev–Trinajstić information content (AvgIpc) is 2.93. The third kappa shape index (κ3) is 2.80. The summed E-state index contributed by atoms with van der Waals surface area (Å²) in [5.74, 6) is 0. The van der Waals surface area contributed by atoms with Gasteiger partial charge in [0.05, 0.1) is 6.10 Å². The Morgan fingerprint density at radius 3 is 2.76 bits per heavy atom. The minimum absolute atomic E-state index is 0.104. The predicted molar refractivity (Wildman–Crippen MR) is 69.8 cm³/mol. The third-order valence-electron chi connectivity index (χ3n) is 4.07. The highest BCUT2D eigenvalue weighted by atomic mass is 16.6. The van der Waals surface area contributed by atoms with Crippen molar-refractivity contribution >= 4 is 0 Å². The molecule has 0 unspecified atom stereocenters. The van der Waals surface area contributed by atoms with Crippen LogP contribution in [0.2, 0.25) is 0 Å². The molecular formula is C15H24O2. The minimum Gasteiger partial charge on any atom is -0.386 e. The minimum atomic E-state index is -0.481. The molecule has 1 saturated heterocycles. The summed E-state index contributed by atoms with van der Waals surface area (Å²) in [6, 6.07) is 0. The maximum Gasteiger partial charge on any atom is 0.121 e. The van der Waals surface area contributed by atoms with Gasteiger partial charge in [0.15, 0.2) is 0 Å². The number of hydrogen-bond donors (Lipinski definition) is 1. The van der Waals surface area contributed by atoms with Crippen LogP contribution in [0, 0.1) is 5.41 Å². The van der Waals surface area contributed by atoms with Crippen LogP contribution in [0.3, 0.4) is 0 Å². The van der Waals surface area contributed by atoms with Crippen LogP contribution in [-0.2, 0) is 4.74 Å². The Hall–Kier alpha value is -0.600. The zero-order valence-electron chi connectivity index (χ0n) is 11.4. The van der Waals surface area contributed by atoms with E-state index in [1.165, 1.54) is 5.57 Å². The first-order valence-electron chi connectivity index (χ1n) is 6.54. The highest BCUT2D eigenvalue weighted by Gasteiger charge is 2.56. The summed E-state index contributed by atoms with van der Waals surface area (Å²) in [5, 5.41) is 10.2. The molecule has 0 amide bonds. The largest absolute Gasteiger partial charge is 0.386 e. The van der Waals surface area contributed by atoms with E-state index in [1.807, 2.05) is 13.0 Å². The molecule has 0 radical (unpaired) electrons. The number of allylic oxidation sites excluding steroid dienone is 3. The summed E-state index contributed by atoms with van der Waals surface area (Å²) >= 11 is 0. The molecule has 2 rings (SSSR count). The molecule has 0 aromatic rings. The molecule has 2 nitrogen and oxygen atoms in total. The highest BCUT2D eigenvalue weighted by molar-refractivity contribution is 5.16. The van der Waals surface area contributed by atoms with E-state index in [0.717, 1.165) is 19.3 Å².